The Hall–Kier alpha value is -2.92. The molecule has 3 heterocycles. The molecule has 11 heteroatoms. The highest BCUT2D eigenvalue weighted by Crippen LogP contribution is 2.34. The number of nitrogens with zero attached hydrogens (tertiary/aromatic N) is 5. The molecular weight excluding hydrogens is 444 g/mol. The molecular formula is C22H30N6O4S. The van der Waals surface area contributed by atoms with E-state index in [0.717, 1.165) is 12.1 Å². The van der Waals surface area contributed by atoms with Crippen LogP contribution < -0.4 is 14.6 Å². The van der Waals surface area contributed by atoms with E-state index in [0.29, 0.717) is 66.5 Å². The fourth-order valence-corrected chi connectivity index (χ4v) is 5.66. The van der Waals surface area contributed by atoms with Crippen LogP contribution in [0.5, 0.6) is 5.75 Å². The monoisotopic (exact) mass is 474 g/mol. The number of ether oxygens (including phenoxy) is 1. The second-order valence-electron chi connectivity index (χ2n) is 8.24. The maximum atomic E-state index is 12.9. The van der Waals surface area contributed by atoms with Crippen LogP contribution in [0.2, 0.25) is 0 Å². The molecule has 0 saturated carbocycles. The van der Waals surface area contributed by atoms with E-state index in [1.165, 1.54) is 4.31 Å². The van der Waals surface area contributed by atoms with Crippen LogP contribution in [-0.2, 0) is 23.5 Å². The van der Waals surface area contributed by atoms with E-state index in [-0.39, 0.29) is 11.3 Å². The summed E-state index contributed by atoms with van der Waals surface area (Å²) in [4.78, 5) is 22.5. The van der Waals surface area contributed by atoms with Crippen LogP contribution in [0.3, 0.4) is 0 Å². The van der Waals surface area contributed by atoms with Crippen molar-refractivity contribution in [2.45, 2.75) is 26.7 Å². The Kier molecular flexibility index (Phi) is 6.44. The predicted octanol–water partition coefficient (Wildman–Crippen LogP) is 1.76. The van der Waals surface area contributed by atoms with Crippen molar-refractivity contribution < 1.29 is 13.2 Å². The van der Waals surface area contributed by atoms with Crippen LogP contribution in [-0.4, -0.2) is 72.1 Å². The molecule has 0 unspecified atom stereocenters. The highest BCUT2D eigenvalue weighted by molar-refractivity contribution is 7.92. The van der Waals surface area contributed by atoms with Gasteiger partial charge in [-0.1, -0.05) is 13.3 Å². The summed E-state index contributed by atoms with van der Waals surface area (Å²) >= 11 is 0. The maximum absolute atomic E-state index is 12.9. The molecule has 1 aliphatic heterocycles. The van der Waals surface area contributed by atoms with Gasteiger partial charge in [0, 0.05) is 26.7 Å². The van der Waals surface area contributed by atoms with E-state index in [1.807, 2.05) is 25.8 Å². The molecule has 1 N–H and O–H groups in total. The highest BCUT2D eigenvalue weighted by atomic mass is 32.2. The number of benzene rings is 1. The number of aromatic amines is 1. The normalized spacial score (nSPS) is 16.8. The van der Waals surface area contributed by atoms with Crippen LogP contribution in [0.4, 0.5) is 5.69 Å². The average Bonchev–Trinajstić information content (AvgIpc) is 3.01. The molecule has 1 fully saturated rings. The van der Waals surface area contributed by atoms with Gasteiger partial charge >= 0.3 is 0 Å². The fourth-order valence-electron chi connectivity index (χ4n) is 4.10. The fraction of sp³-hybridized carbons (Fsp3) is 0.500. The molecule has 0 amide bonds. The van der Waals surface area contributed by atoms with Crippen LogP contribution >= 0.6 is 0 Å². The molecule has 3 aromatic rings. The van der Waals surface area contributed by atoms with Crippen molar-refractivity contribution in [2.24, 2.45) is 7.05 Å². The van der Waals surface area contributed by atoms with Gasteiger partial charge in [0.1, 0.15) is 17.1 Å². The van der Waals surface area contributed by atoms with Gasteiger partial charge in [-0.05, 0) is 38.6 Å². The van der Waals surface area contributed by atoms with Gasteiger partial charge in [-0.3, -0.25) is 13.8 Å². The van der Waals surface area contributed by atoms with Crippen molar-refractivity contribution in [3.63, 3.8) is 0 Å². The predicted molar refractivity (Wildman–Crippen MR) is 128 cm³/mol. The van der Waals surface area contributed by atoms with Crippen molar-refractivity contribution >= 4 is 26.7 Å². The number of hydrogen-bond donors (Lipinski definition) is 1. The molecule has 0 spiro atoms. The lowest BCUT2D eigenvalue weighted by molar-refractivity contribution is 0.341. The number of fused-ring (bicyclic) bond motifs is 1. The summed E-state index contributed by atoms with van der Waals surface area (Å²) in [6, 6.07) is 5.20. The number of aryl methyl sites for hydroxylation is 2. The lowest BCUT2D eigenvalue weighted by Crippen LogP contribution is -2.33. The van der Waals surface area contributed by atoms with E-state index < -0.39 is 10.0 Å². The Morgan fingerprint density at radius 1 is 1.15 bits per heavy atom. The SMILES string of the molecule is CCCc1nn(C)c2c(=O)[nH]c(-c3cc(N4CCN(C)CCS4(=O)=O)ccc3OCC)nc12. The largest absolute Gasteiger partial charge is 0.493 e. The van der Waals surface area contributed by atoms with E-state index in [4.69, 9.17) is 9.72 Å². The van der Waals surface area contributed by atoms with Crippen LogP contribution in [0, 0.1) is 0 Å². The average molecular weight is 475 g/mol. The van der Waals surface area contributed by atoms with E-state index in [9.17, 15) is 13.2 Å². The number of rotatable bonds is 6. The standard InChI is InChI=1S/C22H30N6O4S/c1-5-7-17-19-20(27(4)25-17)22(29)24-21(23-19)16-14-15(8-9-18(16)32-6-2)28-11-10-26(3)12-13-33(28,30)31/h8-9,14H,5-7,10-13H2,1-4H3,(H,23,24,29). The first-order chi connectivity index (χ1) is 15.7. The zero-order valence-electron chi connectivity index (χ0n) is 19.5. The Balaban J connectivity index is 1.89. The first-order valence-electron chi connectivity index (χ1n) is 11.2. The van der Waals surface area contributed by atoms with Gasteiger partial charge in [0.15, 0.2) is 5.52 Å². The smallest absolute Gasteiger partial charge is 0.277 e. The molecule has 1 saturated heterocycles. The molecule has 2 aromatic heterocycles. The van der Waals surface area contributed by atoms with Gasteiger partial charge in [0.05, 0.1) is 29.3 Å². The van der Waals surface area contributed by atoms with Gasteiger partial charge < -0.3 is 14.6 Å². The lowest BCUT2D eigenvalue weighted by Gasteiger charge is -2.23. The molecule has 0 radical (unpaired) electrons. The maximum Gasteiger partial charge on any atom is 0.277 e. The van der Waals surface area contributed by atoms with Gasteiger partial charge in [-0.15, -0.1) is 0 Å². The molecule has 178 valence electrons. The van der Waals surface area contributed by atoms with Gasteiger partial charge in [-0.2, -0.15) is 5.10 Å². The molecule has 4 rings (SSSR count). The van der Waals surface area contributed by atoms with Crippen molar-refractivity contribution in [3.8, 4) is 17.1 Å². The third-order valence-electron chi connectivity index (χ3n) is 5.81. The molecule has 0 bridgehead atoms. The van der Waals surface area contributed by atoms with E-state index >= 15 is 0 Å². The Morgan fingerprint density at radius 3 is 2.67 bits per heavy atom. The zero-order chi connectivity index (χ0) is 23.8. The highest BCUT2D eigenvalue weighted by Gasteiger charge is 2.27. The summed E-state index contributed by atoms with van der Waals surface area (Å²) in [5.41, 5.74) is 2.47. The number of nitrogens with one attached hydrogen (secondary N) is 1. The number of H-pyrrole nitrogens is 1. The Morgan fingerprint density at radius 2 is 1.94 bits per heavy atom. The van der Waals surface area contributed by atoms with Crippen LogP contribution in [0.15, 0.2) is 23.0 Å². The number of likely N-dealkylation sites (N-methyl/N-ethyl adjacent to an activating group) is 1. The molecule has 10 nitrogen and oxygen atoms in total. The minimum atomic E-state index is -3.48. The second kappa shape index (κ2) is 9.14. The minimum Gasteiger partial charge on any atom is -0.493 e. The zero-order valence-corrected chi connectivity index (χ0v) is 20.3. The van der Waals surface area contributed by atoms with Crippen molar-refractivity contribution in [3.05, 3.63) is 34.2 Å². The summed E-state index contributed by atoms with van der Waals surface area (Å²) < 4.78 is 34.7. The number of hydrogen-bond acceptors (Lipinski definition) is 7. The van der Waals surface area contributed by atoms with Crippen LogP contribution in [0.25, 0.3) is 22.4 Å². The molecule has 0 aliphatic carbocycles. The molecule has 1 aliphatic rings. The molecule has 1 aromatic carbocycles. The first-order valence-corrected chi connectivity index (χ1v) is 12.8. The van der Waals surface area contributed by atoms with E-state index in [1.54, 1.807) is 29.9 Å². The third kappa shape index (κ3) is 4.47. The molecule has 0 atom stereocenters. The first kappa shape index (κ1) is 23.2. The van der Waals surface area contributed by atoms with Crippen LogP contribution in [0.1, 0.15) is 26.0 Å². The number of anilines is 1. The summed E-state index contributed by atoms with van der Waals surface area (Å²) in [5.74, 6) is 0.893. The third-order valence-corrected chi connectivity index (χ3v) is 7.57. The topological polar surface area (TPSA) is 113 Å². The molecule has 33 heavy (non-hydrogen) atoms. The summed E-state index contributed by atoms with van der Waals surface area (Å²) in [7, 11) is 0.160. The van der Waals surface area contributed by atoms with Gasteiger partial charge in [0.2, 0.25) is 10.0 Å². The summed E-state index contributed by atoms with van der Waals surface area (Å²) in [6.45, 7) is 5.78. The van der Waals surface area contributed by atoms with Crippen molar-refractivity contribution in [1.82, 2.24) is 24.6 Å². The van der Waals surface area contributed by atoms with Gasteiger partial charge in [-0.25, -0.2) is 13.4 Å². The minimum absolute atomic E-state index is 0.0448. The van der Waals surface area contributed by atoms with E-state index in [2.05, 4.69) is 10.1 Å². The second-order valence-corrected chi connectivity index (χ2v) is 10.2. The number of sulfonamides is 1. The van der Waals surface area contributed by atoms with Crippen molar-refractivity contribution in [1.29, 1.82) is 0 Å². The van der Waals surface area contributed by atoms with Crippen molar-refractivity contribution in [2.75, 3.05) is 43.3 Å². The summed E-state index contributed by atoms with van der Waals surface area (Å²) in [6.07, 6.45) is 1.57. The Bertz CT molecular complexity index is 1330. The Labute approximate surface area is 193 Å². The summed E-state index contributed by atoms with van der Waals surface area (Å²) in [5, 5.41) is 4.47. The number of aromatic nitrogens is 4. The lowest BCUT2D eigenvalue weighted by atomic mass is 10.1. The van der Waals surface area contributed by atoms with Gasteiger partial charge in [0.25, 0.3) is 5.56 Å². The quantitative estimate of drug-likeness (QED) is 0.579.